The molecule has 36 heavy (non-hydrogen) atoms. The summed E-state index contributed by atoms with van der Waals surface area (Å²) in [5.74, 6) is -0.129. The van der Waals surface area contributed by atoms with Crippen LogP contribution in [0.25, 0.3) is 0 Å². The number of carbonyl (C=O) groups is 1. The highest BCUT2D eigenvalue weighted by Crippen LogP contribution is 2.62. The van der Waals surface area contributed by atoms with Gasteiger partial charge in [0.1, 0.15) is 12.1 Å². The van der Waals surface area contributed by atoms with Gasteiger partial charge >= 0.3 is 0 Å². The van der Waals surface area contributed by atoms with Crippen molar-refractivity contribution in [2.24, 2.45) is 5.92 Å². The Morgan fingerprint density at radius 2 is 1.44 bits per heavy atom. The third-order valence-electron chi connectivity index (χ3n) is 8.85. The summed E-state index contributed by atoms with van der Waals surface area (Å²) in [7, 11) is 0. The summed E-state index contributed by atoms with van der Waals surface area (Å²) in [5.41, 5.74) is 1.55. The predicted octanol–water partition coefficient (Wildman–Crippen LogP) is 5.30. The number of benzene rings is 2. The van der Waals surface area contributed by atoms with E-state index in [0.717, 1.165) is 42.6 Å². The second kappa shape index (κ2) is 8.41. The van der Waals surface area contributed by atoms with E-state index in [4.69, 9.17) is 0 Å². The van der Waals surface area contributed by atoms with Crippen LogP contribution in [0, 0.1) is 42.4 Å². The molecule has 184 valence electrons. The molecule has 0 saturated carbocycles. The molecule has 2 aromatic rings. The Kier molecular flexibility index (Phi) is 5.71. The van der Waals surface area contributed by atoms with Crippen molar-refractivity contribution in [3.63, 3.8) is 0 Å². The quantitative estimate of drug-likeness (QED) is 0.558. The van der Waals surface area contributed by atoms with Gasteiger partial charge in [-0.05, 0) is 59.2 Å². The van der Waals surface area contributed by atoms with Crippen LogP contribution >= 0.6 is 0 Å². The van der Waals surface area contributed by atoms with Crippen LogP contribution in [0.4, 0.5) is 0 Å². The van der Waals surface area contributed by atoms with Crippen LogP contribution in [0.3, 0.4) is 0 Å². The van der Waals surface area contributed by atoms with Crippen LogP contribution < -0.4 is 0 Å². The molecule has 3 atom stereocenters. The van der Waals surface area contributed by atoms with Gasteiger partial charge in [-0.25, -0.2) is 4.90 Å². The molecule has 0 amide bonds. The van der Waals surface area contributed by atoms with Crippen molar-refractivity contribution < 1.29 is 4.79 Å². The zero-order valence-electron chi connectivity index (χ0n) is 21.9. The van der Waals surface area contributed by atoms with Crippen molar-refractivity contribution in [2.75, 3.05) is 13.1 Å². The van der Waals surface area contributed by atoms with Gasteiger partial charge in [0.15, 0.2) is 5.78 Å². The maximum Gasteiger partial charge on any atom is 0.213 e. The third kappa shape index (κ3) is 3.16. The number of Topliss-reactive ketones (excluding diaryl/α,β-unsaturated/α-hetero) is 1. The Labute approximate surface area is 214 Å². The number of nitrogens with zero attached hydrogens (tertiary/aromatic N) is 4. The summed E-state index contributed by atoms with van der Waals surface area (Å²) in [6.07, 6.45) is 4.25. The smallest absolute Gasteiger partial charge is 0.213 e. The first kappa shape index (κ1) is 24.4. The van der Waals surface area contributed by atoms with E-state index >= 15 is 0 Å². The monoisotopic (exact) mass is 478 g/mol. The van der Waals surface area contributed by atoms with Crippen LogP contribution in [0.1, 0.15) is 60.7 Å². The van der Waals surface area contributed by atoms with E-state index in [1.165, 1.54) is 0 Å². The minimum Gasteiger partial charge on any atom is -0.296 e. The molecular weight excluding hydrogens is 444 g/mol. The molecule has 5 heteroatoms. The molecule has 2 aromatic carbocycles. The van der Waals surface area contributed by atoms with Crippen molar-refractivity contribution in [1.82, 2.24) is 9.80 Å². The van der Waals surface area contributed by atoms with Crippen LogP contribution in [-0.4, -0.2) is 45.8 Å². The van der Waals surface area contributed by atoms with Crippen LogP contribution in [0.2, 0.25) is 0 Å². The molecule has 5 nitrogen and oxygen atoms in total. The Morgan fingerprint density at radius 1 is 0.917 bits per heavy atom. The number of likely N-dealkylation sites (tertiary alicyclic amines) is 1. The first-order valence-electron chi connectivity index (χ1n) is 12.9. The minimum atomic E-state index is -1.40. The fourth-order valence-electron chi connectivity index (χ4n) is 7.20. The highest BCUT2D eigenvalue weighted by molar-refractivity contribution is 6.10. The maximum atomic E-state index is 14.0. The predicted molar refractivity (Wildman–Crippen MR) is 140 cm³/mol. The van der Waals surface area contributed by atoms with Crippen molar-refractivity contribution in [3.05, 3.63) is 82.4 Å². The van der Waals surface area contributed by atoms with Crippen molar-refractivity contribution in [2.45, 2.75) is 70.1 Å². The lowest BCUT2D eigenvalue weighted by molar-refractivity contribution is 0.0402. The highest BCUT2D eigenvalue weighted by Gasteiger charge is 2.73. The molecule has 3 aliphatic heterocycles. The molecular formula is C31H34N4O. The number of hydrogen-bond donors (Lipinski definition) is 0. The minimum absolute atomic E-state index is 0.0458. The molecule has 3 aliphatic rings. The van der Waals surface area contributed by atoms with E-state index in [-0.39, 0.29) is 17.7 Å². The molecule has 0 aliphatic carbocycles. The second-order valence-corrected chi connectivity index (χ2v) is 11.3. The third-order valence-corrected chi connectivity index (χ3v) is 8.85. The van der Waals surface area contributed by atoms with Gasteiger partial charge in [0.25, 0.3) is 0 Å². The summed E-state index contributed by atoms with van der Waals surface area (Å²) < 4.78 is 0. The van der Waals surface area contributed by atoms with E-state index < -0.39 is 16.6 Å². The van der Waals surface area contributed by atoms with Crippen LogP contribution in [0.5, 0.6) is 0 Å². The molecule has 0 unspecified atom stereocenters. The average molecular weight is 479 g/mol. The van der Waals surface area contributed by atoms with E-state index in [0.29, 0.717) is 11.1 Å². The van der Waals surface area contributed by atoms with Crippen molar-refractivity contribution in [1.29, 1.82) is 10.5 Å². The summed E-state index contributed by atoms with van der Waals surface area (Å²) in [5, 5.41) is 21.5. The zero-order chi connectivity index (χ0) is 25.9. The molecule has 2 saturated heterocycles. The number of rotatable bonds is 4. The lowest BCUT2D eigenvalue weighted by atomic mass is 9.75. The first-order chi connectivity index (χ1) is 17.1. The van der Waals surface area contributed by atoms with Crippen molar-refractivity contribution >= 4 is 5.78 Å². The molecule has 0 radical (unpaired) electrons. The molecule has 3 heterocycles. The first-order valence-corrected chi connectivity index (χ1v) is 12.9. The molecule has 0 bridgehead atoms. The number of carbonyl (C=O) groups excluding carboxylic acids is 1. The summed E-state index contributed by atoms with van der Waals surface area (Å²) in [6.45, 7) is 12.0. The lowest BCUT2D eigenvalue weighted by Gasteiger charge is -2.46. The van der Waals surface area contributed by atoms with Gasteiger partial charge in [0.2, 0.25) is 5.54 Å². The van der Waals surface area contributed by atoms with Crippen molar-refractivity contribution in [3.8, 4) is 12.1 Å². The van der Waals surface area contributed by atoms with Gasteiger partial charge in [-0.3, -0.25) is 9.69 Å². The molecule has 0 aromatic heterocycles. The fourth-order valence-corrected chi connectivity index (χ4v) is 7.20. The standard InChI is InChI=1S/C31H34N4O/c1-21-8-12-24(13-9-21)27(36)26-18-31(25-14-10-22(2)11-15-25)23(3)28(34-16-6-7-17-34)30(19-32,20-33)35(31)29(26,4)5/h8-15,18,23,28H,6-7,16-17H2,1-5H3/t23-,28-,31+/m0/s1. The largest absolute Gasteiger partial charge is 0.296 e. The Bertz CT molecular complexity index is 1290. The van der Waals surface area contributed by atoms with Gasteiger partial charge in [-0.2, -0.15) is 10.5 Å². The molecule has 5 rings (SSSR count). The van der Waals surface area contributed by atoms with Crippen LogP contribution in [0.15, 0.2) is 60.2 Å². The normalized spacial score (nSPS) is 28.8. The zero-order valence-corrected chi connectivity index (χ0v) is 21.9. The summed E-state index contributed by atoms with van der Waals surface area (Å²) >= 11 is 0. The van der Waals surface area contributed by atoms with E-state index in [1.807, 2.05) is 45.0 Å². The number of nitriles is 2. The number of fused-ring (bicyclic) bond motifs is 1. The van der Waals surface area contributed by atoms with Gasteiger partial charge in [0.05, 0.1) is 11.6 Å². The molecule has 0 N–H and O–H groups in total. The molecule has 0 spiro atoms. The number of aryl methyl sites for hydroxylation is 2. The van der Waals surface area contributed by atoms with Gasteiger partial charge in [0, 0.05) is 22.6 Å². The lowest BCUT2D eigenvalue weighted by Crippen LogP contribution is -2.62. The van der Waals surface area contributed by atoms with E-state index in [2.05, 4.69) is 66.1 Å². The average Bonchev–Trinajstić information content (AvgIpc) is 3.53. The maximum absolute atomic E-state index is 14.0. The topological polar surface area (TPSA) is 71.1 Å². The van der Waals surface area contributed by atoms with Gasteiger partial charge in [-0.15, -0.1) is 0 Å². The number of ketones is 1. The van der Waals surface area contributed by atoms with E-state index in [1.54, 1.807) is 0 Å². The molecule has 2 fully saturated rings. The Hall–Kier alpha value is -3.25. The Balaban J connectivity index is 1.78. The van der Waals surface area contributed by atoms with Gasteiger partial charge < -0.3 is 0 Å². The fraction of sp³-hybridized carbons (Fsp3) is 0.452. The van der Waals surface area contributed by atoms with Gasteiger partial charge in [-0.1, -0.05) is 72.7 Å². The second-order valence-electron chi connectivity index (χ2n) is 11.3. The summed E-state index contributed by atoms with van der Waals surface area (Å²) in [6, 6.07) is 20.8. The number of hydrogen-bond acceptors (Lipinski definition) is 5. The highest BCUT2D eigenvalue weighted by atomic mass is 16.1. The van der Waals surface area contributed by atoms with E-state index in [9.17, 15) is 15.3 Å². The Morgan fingerprint density at radius 3 is 1.97 bits per heavy atom. The van der Waals surface area contributed by atoms with Crippen LogP contribution in [-0.2, 0) is 5.54 Å². The summed E-state index contributed by atoms with van der Waals surface area (Å²) in [4.78, 5) is 18.4. The SMILES string of the molecule is Cc1ccc(C(=O)C2=C[C@]3(c4ccc(C)cc4)[C@@H](C)[C@H](N4CCCC4)C(C#N)(C#N)N3C2(C)C)cc1.